The number of hydrogen-bond acceptors (Lipinski definition) is 7. The lowest BCUT2D eigenvalue weighted by Gasteiger charge is -2.36. The van der Waals surface area contributed by atoms with Gasteiger partial charge in [-0.3, -0.25) is 9.59 Å². The van der Waals surface area contributed by atoms with Gasteiger partial charge < -0.3 is 24.2 Å². The summed E-state index contributed by atoms with van der Waals surface area (Å²) in [5, 5.41) is 2.83. The van der Waals surface area contributed by atoms with Crippen molar-refractivity contribution in [3.63, 3.8) is 0 Å². The molecular weight excluding hydrogens is 519 g/mol. The van der Waals surface area contributed by atoms with Crippen molar-refractivity contribution < 1.29 is 23.5 Å². The summed E-state index contributed by atoms with van der Waals surface area (Å²) in [6, 6.07) is 11.9. The van der Waals surface area contributed by atoms with Crippen LogP contribution in [0, 0.1) is 5.82 Å². The summed E-state index contributed by atoms with van der Waals surface area (Å²) in [4.78, 5) is 36.6. The number of anilines is 1. The fourth-order valence-corrected chi connectivity index (χ4v) is 6.16. The first-order valence-electron chi connectivity index (χ1n) is 13.2. The first-order chi connectivity index (χ1) is 18.9. The minimum atomic E-state index is -0.301. The molecule has 3 aromatic rings. The van der Waals surface area contributed by atoms with E-state index in [0.29, 0.717) is 45.0 Å². The van der Waals surface area contributed by atoms with Crippen LogP contribution in [0.5, 0.6) is 11.5 Å². The number of rotatable bonds is 7. The highest BCUT2D eigenvalue weighted by atomic mass is 32.1. The summed E-state index contributed by atoms with van der Waals surface area (Å²) in [6.45, 7) is 3.94. The number of carbonyl (C=O) groups is 2. The van der Waals surface area contributed by atoms with Gasteiger partial charge in [0.15, 0.2) is 0 Å². The average Bonchev–Trinajstić information content (AvgIpc) is 3.48. The van der Waals surface area contributed by atoms with Crippen LogP contribution in [-0.4, -0.2) is 80.1 Å². The van der Waals surface area contributed by atoms with Gasteiger partial charge in [0.25, 0.3) is 5.91 Å². The van der Waals surface area contributed by atoms with Crippen LogP contribution in [0.3, 0.4) is 0 Å². The van der Waals surface area contributed by atoms with Crippen LogP contribution in [0.2, 0.25) is 0 Å². The highest BCUT2D eigenvalue weighted by molar-refractivity contribution is 7.09. The summed E-state index contributed by atoms with van der Waals surface area (Å²) in [5.74, 6) is 1.45. The zero-order chi connectivity index (χ0) is 27.4. The van der Waals surface area contributed by atoms with Crippen LogP contribution < -0.4 is 14.4 Å². The number of nitrogens with zero attached hydrogens (tertiary/aromatic N) is 4. The summed E-state index contributed by atoms with van der Waals surface area (Å²) < 4.78 is 24.0. The Morgan fingerprint density at radius 1 is 0.949 bits per heavy atom. The van der Waals surface area contributed by atoms with Gasteiger partial charge in [0.1, 0.15) is 23.0 Å². The third-order valence-electron chi connectivity index (χ3n) is 7.50. The Kier molecular flexibility index (Phi) is 8.30. The molecule has 2 aliphatic rings. The normalized spacial score (nSPS) is 16.3. The van der Waals surface area contributed by atoms with Crippen LogP contribution in [0.1, 0.15) is 39.8 Å². The zero-order valence-corrected chi connectivity index (χ0v) is 23.1. The second-order valence-electron chi connectivity index (χ2n) is 9.85. The topological polar surface area (TPSA) is 75.2 Å². The molecule has 8 nitrogen and oxygen atoms in total. The van der Waals surface area contributed by atoms with Crippen molar-refractivity contribution >= 4 is 28.8 Å². The number of carbonyl (C=O) groups excluding carboxylic acids is 2. The van der Waals surface area contributed by atoms with Gasteiger partial charge in [0.2, 0.25) is 5.91 Å². The molecule has 0 bridgehead atoms. The van der Waals surface area contributed by atoms with Gasteiger partial charge in [-0.15, -0.1) is 11.3 Å². The Hall–Kier alpha value is -3.66. The van der Waals surface area contributed by atoms with Crippen LogP contribution in [0.4, 0.5) is 10.1 Å². The van der Waals surface area contributed by atoms with Crippen LogP contribution in [0.15, 0.2) is 47.8 Å². The van der Waals surface area contributed by atoms with Gasteiger partial charge in [-0.1, -0.05) is 12.1 Å². The molecule has 0 aliphatic carbocycles. The zero-order valence-electron chi connectivity index (χ0n) is 22.3. The van der Waals surface area contributed by atoms with E-state index in [0.717, 1.165) is 40.6 Å². The molecule has 0 unspecified atom stereocenters. The average molecular weight is 553 g/mol. The summed E-state index contributed by atoms with van der Waals surface area (Å²) >= 11 is 1.53. The lowest BCUT2D eigenvalue weighted by Crippen LogP contribution is -2.49. The summed E-state index contributed by atoms with van der Waals surface area (Å²) in [7, 11) is 3.28. The van der Waals surface area contributed by atoms with Gasteiger partial charge in [-0.05, 0) is 42.7 Å². The van der Waals surface area contributed by atoms with E-state index in [1.165, 1.54) is 23.5 Å². The van der Waals surface area contributed by atoms with E-state index in [4.69, 9.17) is 14.5 Å². The number of amides is 2. The van der Waals surface area contributed by atoms with Crippen molar-refractivity contribution in [2.75, 3.05) is 58.4 Å². The standard InChI is InChI=1S/C29H33FN4O4S/c1-37-23-7-8-25(26(18-23)38-2)32-13-15-34(16-14-32)29(36)24-19-39-28(31-24)21-9-11-33(12-10-21)27(35)17-20-3-5-22(30)6-4-20/h3-8,18-19,21H,9-17H2,1-2H3. The van der Waals surface area contributed by atoms with Crippen molar-refractivity contribution in [3.05, 3.63) is 69.9 Å². The number of benzene rings is 2. The van der Waals surface area contributed by atoms with Gasteiger partial charge in [-0.25, -0.2) is 9.37 Å². The van der Waals surface area contributed by atoms with Crippen LogP contribution in [0.25, 0.3) is 0 Å². The van der Waals surface area contributed by atoms with Crippen molar-refractivity contribution in [2.24, 2.45) is 0 Å². The van der Waals surface area contributed by atoms with E-state index in [9.17, 15) is 14.0 Å². The number of likely N-dealkylation sites (tertiary alicyclic amines) is 1. The third kappa shape index (κ3) is 6.16. The molecule has 10 heteroatoms. The Morgan fingerprint density at radius 3 is 2.33 bits per heavy atom. The Bertz CT molecular complexity index is 1300. The molecule has 2 amide bonds. The number of hydrogen-bond donors (Lipinski definition) is 0. The number of aromatic nitrogens is 1. The molecular formula is C29H33FN4O4S. The summed E-state index contributed by atoms with van der Waals surface area (Å²) in [5.41, 5.74) is 2.31. The maximum Gasteiger partial charge on any atom is 0.273 e. The maximum atomic E-state index is 13.2. The van der Waals surface area contributed by atoms with Crippen LogP contribution >= 0.6 is 11.3 Å². The molecule has 206 valence electrons. The van der Waals surface area contributed by atoms with Crippen molar-refractivity contribution in [2.45, 2.75) is 25.2 Å². The highest BCUT2D eigenvalue weighted by Crippen LogP contribution is 2.34. The molecule has 3 heterocycles. The number of methoxy groups -OCH3 is 2. The molecule has 0 spiro atoms. The number of ether oxygens (including phenoxy) is 2. The maximum absolute atomic E-state index is 13.2. The van der Waals surface area contributed by atoms with E-state index >= 15 is 0 Å². The second kappa shape index (κ2) is 12.0. The molecule has 0 radical (unpaired) electrons. The largest absolute Gasteiger partial charge is 0.497 e. The van der Waals surface area contributed by atoms with Crippen molar-refractivity contribution in [1.82, 2.24) is 14.8 Å². The monoisotopic (exact) mass is 552 g/mol. The molecule has 2 aliphatic heterocycles. The van der Waals surface area contributed by atoms with E-state index in [1.807, 2.05) is 33.4 Å². The van der Waals surface area contributed by atoms with Gasteiger partial charge >= 0.3 is 0 Å². The van der Waals surface area contributed by atoms with E-state index < -0.39 is 0 Å². The van der Waals surface area contributed by atoms with Crippen LogP contribution in [-0.2, 0) is 11.2 Å². The fourth-order valence-electron chi connectivity index (χ4n) is 5.20. The Balaban J connectivity index is 1.12. The minimum absolute atomic E-state index is 0.0363. The predicted molar refractivity (Wildman–Crippen MR) is 148 cm³/mol. The molecule has 5 rings (SSSR count). The molecule has 0 N–H and O–H groups in total. The highest BCUT2D eigenvalue weighted by Gasteiger charge is 2.29. The summed E-state index contributed by atoms with van der Waals surface area (Å²) in [6.07, 6.45) is 1.91. The number of halogens is 1. The second-order valence-corrected chi connectivity index (χ2v) is 10.7. The van der Waals surface area contributed by atoms with E-state index in [1.54, 1.807) is 26.4 Å². The molecule has 0 saturated carbocycles. The molecule has 0 atom stereocenters. The minimum Gasteiger partial charge on any atom is -0.497 e. The van der Waals surface area contributed by atoms with E-state index in [2.05, 4.69) is 4.90 Å². The van der Waals surface area contributed by atoms with Gasteiger partial charge in [0, 0.05) is 56.6 Å². The van der Waals surface area contributed by atoms with E-state index in [-0.39, 0.29) is 30.0 Å². The quantitative estimate of drug-likeness (QED) is 0.437. The first kappa shape index (κ1) is 26.9. The first-order valence-corrected chi connectivity index (χ1v) is 14.1. The van der Waals surface area contributed by atoms with Gasteiger partial charge in [-0.2, -0.15) is 0 Å². The molecule has 2 saturated heterocycles. The SMILES string of the molecule is COc1ccc(N2CCN(C(=O)c3csc(C4CCN(C(=O)Cc5ccc(F)cc5)CC4)n3)CC2)c(OC)c1. The lowest BCUT2D eigenvalue weighted by atomic mass is 9.97. The molecule has 1 aromatic heterocycles. The van der Waals surface area contributed by atoms with Crippen molar-refractivity contribution in [3.8, 4) is 11.5 Å². The smallest absolute Gasteiger partial charge is 0.273 e. The Morgan fingerprint density at radius 2 is 1.67 bits per heavy atom. The molecule has 2 aromatic carbocycles. The van der Waals surface area contributed by atoms with Gasteiger partial charge in [0.05, 0.1) is 31.3 Å². The predicted octanol–water partition coefficient (Wildman–Crippen LogP) is 4.21. The third-order valence-corrected chi connectivity index (χ3v) is 8.51. The number of piperidine rings is 1. The molecule has 39 heavy (non-hydrogen) atoms. The Labute approximate surface area is 231 Å². The molecule has 2 fully saturated rings. The fraction of sp³-hybridized carbons (Fsp3) is 0.414. The van der Waals surface area contributed by atoms with Crippen molar-refractivity contribution in [1.29, 1.82) is 0 Å². The number of piperazine rings is 1. The lowest BCUT2D eigenvalue weighted by molar-refractivity contribution is -0.131. The number of thiazole rings is 1.